The van der Waals surface area contributed by atoms with E-state index in [0.29, 0.717) is 19.1 Å². The van der Waals surface area contributed by atoms with Crippen molar-refractivity contribution in [3.05, 3.63) is 29.8 Å². The highest BCUT2D eigenvalue weighted by Gasteiger charge is 2.22. The predicted molar refractivity (Wildman–Crippen MR) is 119 cm³/mol. The Morgan fingerprint density at radius 2 is 2.07 bits per heavy atom. The molecular weight excluding hydrogens is 366 g/mol. The Morgan fingerprint density at radius 3 is 2.69 bits per heavy atom. The molecule has 1 fully saturated rings. The maximum Gasteiger partial charge on any atom is 0.236 e. The van der Waals surface area contributed by atoms with Crippen molar-refractivity contribution in [3.63, 3.8) is 0 Å². The van der Waals surface area contributed by atoms with Crippen molar-refractivity contribution in [1.29, 1.82) is 0 Å². The molecule has 1 saturated heterocycles. The molecule has 1 heterocycles. The second kappa shape index (κ2) is 11.7. The highest BCUT2D eigenvalue weighted by molar-refractivity contribution is 5.80. The lowest BCUT2D eigenvalue weighted by Crippen LogP contribution is -2.50. The number of piperidine rings is 1. The maximum atomic E-state index is 11.9. The predicted octanol–water partition coefficient (Wildman–Crippen LogP) is 1.87. The van der Waals surface area contributed by atoms with Gasteiger partial charge in [-0.05, 0) is 51.3 Å². The molecule has 162 valence electrons. The van der Waals surface area contributed by atoms with Gasteiger partial charge >= 0.3 is 0 Å². The van der Waals surface area contributed by atoms with Crippen LogP contribution in [0.15, 0.2) is 29.3 Å². The van der Waals surface area contributed by atoms with Gasteiger partial charge in [0.25, 0.3) is 0 Å². The van der Waals surface area contributed by atoms with Crippen molar-refractivity contribution in [2.45, 2.75) is 45.8 Å². The molecule has 7 nitrogen and oxygen atoms in total. The fourth-order valence-electron chi connectivity index (χ4n) is 3.26. The maximum absolute atomic E-state index is 11.9. The molecule has 1 aliphatic heterocycles. The lowest BCUT2D eigenvalue weighted by Gasteiger charge is -2.33. The minimum absolute atomic E-state index is 0.00820. The van der Waals surface area contributed by atoms with Crippen LogP contribution in [0.1, 0.15) is 32.3 Å². The summed E-state index contributed by atoms with van der Waals surface area (Å²) < 4.78 is 5.98. The van der Waals surface area contributed by atoms with Crippen molar-refractivity contribution >= 4 is 11.9 Å². The van der Waals surface area contributed by atoms with Crippen molar-refractivity contribution in [2.75, 3.05) is 46.8 Å². The first kappa shape index (κ1) is 23.0. The molecule has 1 aromatic rings. The molecule has 2 rings (SSSR count). The molecular formula is C22H37N5O2. The van der Waals surface area contributed by atoms with Crippen LogP contribution >= 0.6 is 0 Å². The normalized spacial score (nSPS) is 16.9. The van der Waals surface area contributed by atoms with Gasteiger partial charge in [-0.25, -0.2) is 4.99 Å². The molecule has 0 saturated carbocycles. The van der Waals surface area contributed by atoms with Crippen LogP contribution in [0, 0.1) is 6.92 Å². The summed E-state index contributed by atoms with van der Waals surface area (Å²) in [6.45, 7) is 9.91. The number of nitrogens with one attached hydrogen (secondary N) is 2. The minimum atomic E-state index is -0.00820. The van der Waals surface area contributed by atoms with Crippen LogP contribution < -0.4 is 15.4 Å². The summed E-state index contributed by atoms with van der Waals surface area (Å²) in [6.07, 6.45) is 1.99. The largest absolute Gasteiger partial charge is 0.489 e. The first-order valence-corrected chi connectivity index (χ1v) is 10.6. The fraction of sp³-hybridized carbons (Fsp3) is 0.636. The molecule has 0 spiro atoms. The molecule has 1 unspecified atom stereocenters. The Balaban J connectivity index is 1.81. The van der Waals surface area contributed by atoms with E-state index in [9.17, 15) is 4.79 Å². The Labute approximate surface area is 175 Å². The van der Waals surface area contributed by atoms with E-state index in [-0.39, 0.29) is 12.0 Å². The standard InChI is InChI=1S/C22H37N5O2/c1-6-23-22(24-15-18(3)29-20-9-7-8-17(2)14-20)25-19-10-12-27(13-11-19)16-21(28)26(4)5/h7-9,14,18-19H,6,10-13,15-16H2,1-5H3,(H2,23,24,25). The first-order valence-electron chi connectivity index (χ1n) is 10.6. The van der Waals surface area contributed by atoms with Gasteiger partial charge < -0.3 is 20.3 Å². The Bertz CT molecular complexity index is 669. The Kier molecular flexibility index (Phi) is 9.25. The summed E-state index contributed by atoms with van der Waals surface area (Å²) in [5.41, 5.74) is 1.19. The van der Waals surface area contributed by atoms with Crippen molar-refractivity contribution < 1.29 is 9.53 Å². The smallest absolute Gasteiger partial charge is 0.236 e. The molecule has 29 heavy (non-hydrogen) atoms. The van der Waals surface area contributed by atoms with Gasteiger partial charge in [0.2, 0.25) is 5.91 Å². The number of guanidine groups is 1. The van der Waals surface area contributed by atoms with Crippen LogP contribution in [0.2, 0.25) is 0 Å². The van der Waals surface area contributed by atoms with Crippen LogP contribution in [0.4, 0.5) is 0 Å². The molecule has 0 bridgehead atoms. The Hall–Kier alpha value is -2.28. The summed E-state index contributed by atoms with van der Waals surface area (Å²) >= 11 is 0. The summed E-state index contributed by atoms with van der Waals surface area (Å²) in [4.78, 5) is 20.5. The van der Waals surface area contributed by atoms with E-state index in [1.54, 1.807) is 19.0 Å². The molecule has 2 N–H and O–H groups in total. The topological polar surface area (TPSA) is 69.2 Å². The second-order valence-electron chi connectivity index (χ2n) is 7.95. The number of hydrogen-bond donors (Lipinski definition) is 2. The van der Waals surface area contributed by atoms with Crippen LogP contribution in [-0.4, -0.2) is 80.6 Å². The van der Waals surface area contributed by atoms with E-state index >= 15 is 0 Å². The molecule has 1 atom stereocenters. The third-order valence-corrected chi connectivity index (χ3v) is 4.96. The van der Waals surface area contributed by atoms with Gasteiger partial charge in [-0.2, -0.15) is 0 Å². The van der Waals surface area contributed by atoms with Crippen LogP contribution in [-0.2, 0) is 4.79 Å². The average molecular weight is 404 g/mol. The summed E-state index contributed by atoms with van der Waals surface area (Å²) in [5, 5.41) is 6.87. The average Bonchev–Trinajstić information content (AvgIpc) is 2.67. The number of likely N-dealkylation sites (tertiary alicyclic amines) is 1. The van der Waals surface area contributed by atoms with Gasteiger partial charge in [0, 0.05) is 39.8 Å². The zero-order valence-electron chi connectivity index (χ0n) is 18.6. The van der Waals surface area contributed by atoms with E-state index in [0.717, 1.165) is 44.2 Å². The van der Waals surface area contributed by atoms with Gasteiger partial charge in [0.15, 0.2) is 5.96 Å². The highest BCUT2D eigenvalue weighted by Crippen LogP contribution is 2.14. The summed E-state index contributed by atoms with van der Waals surface area (Å²) in [5.74, 6) is 1.87. The second-order valence-corrected chi connectivity index (χ2v) is 7.95. The monoisotopic (exact) mass is 403 g/mol. The first-order chi connectivity index (χ1) is 13.9. The lowest BCUT2D eigenvalue weighted by atomic mass is 10.1. The number of nitrogens with zero attached hydrogens (tertiary/aromatic N) is 3. The molecule has 0 aromatic heterocycles. The van der Waals surface area contributed by atoms with Crippen molar-refractivity contribution in [1.82, 2.24) is 20.4 Å². The molecule has 1 aromatic carbocycles. The number of ether oxygens (including phenoxy) is 1. The fourth-order valence-corrected chi connectivity index (χ4v) is 3.26. The zero-order valence-corrected chi connectivity index (χ0v) is 18.6. The van der Waals surface area contributed by atoms with Gasteiger partial charge in [0.1, 0.15) is 11.9 Å². The van der Waals surface area contributed by atoms with E-state index in [1.807, 2.05) is 25.1 Å². The molecule has 7 heteroatoms. The third-order valence-electron chi connectivity index (χ3n) is 4.96. The Morgan fingerprint density at radius 1 is 1.34 bits per heavy atom. The van der Waals surface area contributed by atoms with E-state index in [4.69, 9.17) is 9.73 Å². The minimum Gasteiger partial charge on any atom is -0.489 e. The highest BCUT2D eigenvalue weighted by atomic mass is 16.5. The number of hydrogen-bond acceptors (Lipinski definition) is 4. The van der Waals surface area contributed by atoms with Crippen molar-refractivity contribution in [2.24, 2.45) is 4.99 Å². The number of carbonyl (C=O) groups excluding carboxylic acids is 1. The number of rotatable bonds is 8. The van der Waals surface area contributed by atoms with Crippen LogP contribution in [0.3, 0.4) is 0 Å². The number of aliphatic imine (C=N–C) groups is 1. The summed E-state index contributed by atoms with van der Waals surface area (Å²) in [6, 6.07) is 8.45. The number of benzene rings is 1. The van der Waals surface area contributed by atoms with Gasteiger partial charge in [0.05, 0.1) is 13.1 Å². The van der Waals surface area contributed by atoms with Crippen LogP contribution in [0.25, 0.3) is 0 Å². The molecule has 1 amide bonds. The van der Waals surface area contributed by atoms with Crippen LogP contribution in [0.5, 0.6) is 5.75 Å². The third kappa shape index (κ3) is 8.31. The zero-order chi connectivity index (χ0) is 21.2. The molecule has 1 aliphatic rings. The van der Waals surface area contributed by atoms with Gasteiger partial charge in [-0.3, -0.25) is 9.69 Å². The number of carbonyl (C=O) groups is 1. The van der Waals surface area contributed by atoms with E-state index in [1.165, 1.54) is 5.56 Å². The van der Waals surface area contributed by atoms with E-state index < -0.39 is 0 Å². The number of likely N-dealkylation sites (N-methyl/N-ethyl adjacent to an activating group) is 1. The summed E-state index contributed by atoms with van der Waals surface area (Å²) in [7, 11) is 3.61. The van der Waals surface area contributed by atoms with E-state index in [2.05, 4.69) is 35.4 Å². The number of amides is 1. The SMILES string of the molecule is CCNC(=NCC(C)Oc1cccc(C)c1)NC1CCN(CC(=O)N(C)C)CC1. The van der Waals surface area contributed by atoms with Crippen molar-refractivity contribution in [3.8, 4) is 5.75 Å². The number of aryl methyl sites for hydroxylation is 1. The molecule has 0 aliphatic carbocycles. The quantitative estimate of drug-likeness (QED) is 0.512. The lowest BCUT2D eigenvalue weighted by molar-refractivity contribution is -0.130. The van der Waals surface area contributed by atoms with Gasteiger partial charge in [-0.15, -0.1) is 0 Å². The van der Waals surface area contributed by atoms with Gasteiger partial charge in [-0.1, -0.05) is 12.1 Å². The molecule has 0 radical (unpaired) electrons.